The van der Waals surface area contributed by atoms with Gasteiger partial charge in [0.25, 0.3) is 5.56 Å². The number of aromatic nitrogens is 4. The molecule has 0 bridgehead atoms. The molecule has 0 unspecified atom stereocenters. The van der Waals surface area contributed by atoms with E-state index < -0.39 is 0 Å². The van der Waals surface area contributed by atoms with Crippen LogP contribution in [0.5, 0.6) is 0 Å². The molecular weight excluding hydrogens is 170 g/mol. The quantitative estimate of drug-likeness (QED) is 0.570. The monoisotopic (exact) mass is 177 g/mol. The third-order valence-corrected chi connectivity index (χ3v) is 1.58. The average molecular weight is 177 g/mol. The lowest BCUT2D eigenvalue weighted by Gasteiger charge is -1.99. The second-order valence-corrected chi connectivity index (χ2v) is 2.60. The van der Waals surface area contributed by atoms with Crippen LogP contribution in [0, 0.1) is 6.92 Å². The third-order valence-electron chi connectivity index (χ3n) is 1.58. The molecule has 0 fully saturated rings. The molecule has 0 spiro atoms. The fourth-order valence-corrected chi connectivity index (χ4v) is 1.07. The number of anilines is 1. The van der Waals surface area contributed by atoms with Crippen molar-refractivity contribution < 1.29 is 0 Å². The number of aryl methyl sites for hydroxylation is 1. The fraction of sp³-hybridized carbons (Fsp3) is 0.143. The molecule has 0 atom stereocenters. The van der Waals surface area contributed by atoms with Gasteiger partial charge in [0.05, 0.1) is 6.20 Å². The topological polar surface area (TPSA) is 97.5 Å². The van der Waals surface area contributed by atoms with Crippen LogP contribution < -0.4 is 11.3 Å². The van der Waals surface area contributed by atoms with E-state index in [9.17, 15) is 4.79 Å². The molecule has 0 saturated heterocycles. The van der Waals surface area contributed by atoms with E-state index in [0.717, 1.165) is 6.20 Å². The summed E-state index contributed by atoms with van der Waals surface area (Å²) in [5.41, 5.74) is 6.06. The zero-order valence-corrected chi connectivity index (χ0v) is 6.90. The molecule has 3 N–H and O–H groups in total. The summed E-state index contributed by atoms with van der Waals surface area (Å²) >= 11 is 0. The molecule has 13 heavy (non-hydrogen) atoms. The molecule has 0 aliphatic rings. The van der Waals surface area contributed by atoms with Crippen molar-refractivity contribution in [3.63, 3.8) is 0 Å². The van der Waals surface area contributed by atoms with Crippen LogP contribution in [0.4, 0.5) is 5.82 Å². The number of aromatic amines is 1. The van der Waals surface area contributed by atoms with Crippen LogP contribution >= 0.6 is 0 Å². The summed E-state index contributed by atoms with van der Waals surface area (Å²) in [6, 6.07) is 0. The van der Waals surface area contributed by atoms with Crippen LogP contribution in [0.3, 0.4) is 0 Å². The zero-order chi connectivity index (χ0) is 9.42. The SMILES string of the molecule is Cc1nc(N)c2ncc(=O)[nH]c2n1. The normalized spacial score (nSPS) is 10.5. The van der Waals surface area contributed by atoms with E-state index in [4.69, 9.17) is 5.73 Å². The van der Waals surface area contributed by atoms with E-state index in [2.05, 4.69) is 19.9 Å². The zero-order valence-electron chi connectivity index (χ0n) is 6.90. The molecule has 2 rings (SSSR count). The minimum atomic E-state index is -0.301. The molecule has 0 aliphatic heterocycles. The first-order valence-electron chi connectivity index (χ1n) is 3.66. The van der Waals surface area contributed by atoms with Crippen molar-refractivity contribution in [2.45, 2.75) is 6.92 Å². The summed E-state index contributed by atoms with van der Waals surface area (Å²) in [7, 11) is 0. The molecule has 0 radical (unpaired) electrons. The molecule has 66 valence electrons. The maximum atomic E-state index is 10.9. The Kier molecular flexibility index (Phi) is 1.48. The predicted octanol–water partition coefficient (Wildman–Crippen LogP) is -0.396. The molecule has 2 aromatic rings. The van der Waals surface area contributed by atoms with Crippen molar-refractivity contribution in [1.82, 2.24) is 19.9 Å². The number of fused-ring (bicyclic) bond motifs is 1. The number of hydrogen-bond donors (Lipinski definition) is 2. The van der Waals surface area contributed by atoms with Gasteiger partial charge < -0.3 is 10.7 Å². The minimum absolute atomic E-state index is 0.277. The van der Waals surface area contributed by atoms with E-state index in [-0.39, 0.29) is 11.4 Å². The van der Waals surface area contributed by atoms with Gasteiger partial charge in [-0.25, -0.2) is 15.0 Å². The van der Waals surface area contributed by atoms with E-state index in [0.29, 0.717) is 17.0 Å². The van der Waals surface area contributed by atoms with Gasteiger partial charge in [-0.05, 0) is 6.92 Å². The Bertz CT molecular complexity index is 518. The Balaban J connectivity index is 2.94. The molecule has 2 heterocycles. The first-order valence-corrected chi connectivity index (χ1v) is 3.66. The molecule has 0 aliphatic carbocycles. The summed E-state index contributed by atoms with van der Waals surface area (Å²) in [6.07, 6.45) is 1.15. The second kappa shape index (κ2) is 2.51. The number of nitrogens with zero attached hydrogens (tertiary/aromatic N) is 3. The summed E-state index contributed by atoms with van der Waals surface area (Å²) in [5.74, 6) is 0.785. The van der Waals surface area contributed by atoms with E-state index in [1.54, 1.807) is 6.92 Å². The van der Waals surface area contributed by atoms with Gasteiger partial charge in [-0.2, -0.15) is 0 Å². The molecule has 2 aromatic heterocycles. The maximum Gasteiger partial charge on any atom is 0.268 e. The van der Waals surface area contributed by atoms with E-state index in [1.807, 2.05) is 0 Å². The van der Waals surface area contributed by atoms with Crippen molar-refractivity contribution >= 4 is 17.0 Å². The Hall–Kier alpha value is -1.98. The Morgan fingerprint density at radius 1 is 1.46 bits per heavy atom. The lowest BCUT2D eigenvalue weighted by molar-refractivity contribution is 1.05. The van der Waals surface area contributed by atoms with Crippen molar-refractivity contribution in [2.24, 2.45) is 0 Å². The van der Waals surface area contributed by atoms with Gasteiger partial charge in [0.2, 0.25) is 0 Å². The lowest BCUT2D eigenvalue weighted by atomic mass is 10.4. The maximum absolute atomic E-state index is 10.9. The number of nitrogen functional groups attached to an aromatic ring is 1. The highest BCUT2D eigenvalue weighted by molar-refractivity contribution is 5.80. The highest BCUT2D eigenvalue weighted by Crippen LogP contribution is 2.09. The third kappa shape index (κ3) is 1.22. The number of nitrogens with two attached hydrogens (primary N) is 1. The summed E-state index contributed by atoms with van der Waals surface area (Å²) in [5, 5.41) is 0. The number of hydrogen-bond acceptors (Lipinski definition) is 5. The molecular formula is C7H7N5O. The van der Waals surface area contributed by atoms with Crippen LogP contribution in [0.25, 0.3) is 11.2 Å². The van der Waals surface area contributed by atoms with Gasteiger partial charge >= 0.3 is 0 Å². The van der Waals surface area contributed by atoms with Gasteiger partial charge in [-0.15, -0.1) is 0 Å². The van der Waals surface area contributed by atoms with Crippen LogP contribution in [0.15, 0.2) is 11.0 Å². The van der Waals surface area contributed by atoms with Gasteiger partial charge in [0.15, 0.2) is 11.5 Å². The van der Waals surface area contributed by atoms with Crippen LogP contribution in [-0.2, 0) is 0 Å². The van der Waals surface area contributed by atoms with E-state index >= 15 is 0 Å². The standard InChI is InChI=1S/C7H7N5O/c1-3-10-6(8)5-7(11-3)12-4(13)2-9-5/h2H,1H3,(H3,8,10,11,12,13). The van der Waals surface area contributed by atoms with Crippen molar-refractivity contribution in [3.8, 4) is 0 Å². The second-order valence-electron chi connectivity index (χ2n) is 2.60. The Morgan fingerprint density at radius 3 is 3.00 bits per heavy atom. The molecule has 0 aromatic carbocycles. The predicted molar refractivity (Wildman–Crippen MR) is 47.1 cm³/mol. The molecule has 0 saturated carbocycles. The summed E-state index contributed by atoms with van der Waals surface area (Å²) < 4.78 is 0. The molecule has 6 heteroatoms. The first-order chi connectivity index (χ1) is 6.16. The molecule has 0 amide bonds. The highest BCUT2D eigenvalue weighted by Gasteiger charge is 2.03. The number of rotatable bonds is 0. The van der Waals surface area contributed by atoms with Crippen molar-refractivity contribution in [2.75, 3.05) is 5.73 Å². The van der Waals surface area contributed by atoms with Gasteiger partial charge in [-0.3, -0.25) is 4.79 Å². The van der Waals surface area contributed by atoms with Crippen molar-refractivity contribution in [1.29, 1.82) is 0 Å². The number of H-pyrrole nitrogens is 1. The van der Waals surface area contributed by atoms with E-state index in [1.165, 1.54) is 0 Å². The average Bonchev–Trinajstić information content (AvgIpc) is 2.02. The Labute approximate surface area is 72.9 Å². The smallest absolute Gasteiger partial charge is 0.268 e. The van der Waals surface area contributed by atoms with Crippen LogP contribution in [-0.4, -0.2) is 19.9 Å². The fourth-order valence-electron chi connectivity index (χ4n) is 1.07. The minimum Gasteiger partial charge on any atom is -0.382 e. The lowest BCUT2D eigenvalue weighted by Crippen LogP contribution is -2.09. The summed E-state index contributed by atoms with van der Waals surface area (Å²) in [6.45, 7) is 1.70. The first kappa shape index (κ1) is 7.66. The largest absolute Gasteiger partial charge is 0.382 e. The van der Waals surface area contributed by atoms with Gasteiger partial charge in [-0.1, -0.05) is 0 Å². The van der Waals surface area contributed by atoms with Crippen molar-refractivity contribution in [3.05, 3.63) is 22.4 Å². The van der Waals surface area contributed by atoms with Crippen LogP contribution in [0.1, 0.15) is 5.82 Å². The molecule has 6 nitrogen and oxygen atoms in total. The Morgan fingerprint density at radius 2 is 2.23 bits per heavy atom. The highest BCUT2D eigenvalue weighted by atomic mass is 16.1. The number of nitrogens with one attached hydrogen (secondary N) is 1. The van der Waals surface area contributed by atoms with Gasteiger partial charge in [0.1, 0.15) is 11.3 Å². The van der Waals surface area contributed by atoms with Crippen LogP contribution in [0.2, 0.25) is 0 Å². The van der Waals surface area contributed by atoms with Gasteiger partial charge in [0, 0.05) is 0 Å². The summed E-state index contributed by atoms with van der Waals surface area (Å²) in [4.78, 5) is 25.1.